The van der Waals surface area contributed by atoms with Crippen molar-refractivity contribution in [3.63, 3.8) is 0 Å². The second-order valence-corrected chi connectivity index (χ2v) is 3.11. The van der Waals surface area contributed by atoms with Crippen LogP contribution in [0.25, 0.3) is 10.2 Å². The zero-order chi connectivity index (χ0) is 8.55. The molecule has 60 valence electrons. The van der Waals surface area contributed by atoms with Crippen molar-refractivity contribution in [3.8, 4) is 0 Å². The van der Waals surface area contributed by atoms with Gasteiger partial charge in [0.1, 0.15) is 5.52 Å². The predicted molar refractivity (Wildman–Crippen MR) is 45.9 cm³/mol. The highest BCUT2D eigenvalue weighted by Gasteiger charge is 2.07. The average Bonchev–Trinajstić information content (AvgIpc) is 2.49. The third-order valence-corrected chi connectivity index (χ3v) is 2.38. The first kappa shape index (κ1) is 7.17. The number of fused-ring (bicyclic) bond motifs is 1. The van der Waals surface area contributed by atoms with E-state index in [2.05, 4.69) is 9.97 Å². The average molecular weight is 179 g/mol. The molecule has 0 spiro atoms. The Morgan fingerprint density at radius 3 is 3.08 bits per heavy atom. The molecular formula is C7H5N3OS. The van der Waals surface area contributed by atoms with Crippen molar-refractivity contribution in [2.75, 3.05) is 0 Å². The number of nitrogens with zero attached hydrogens (tertiary/aromatic N) is 2. The van der Waals surface area contributed by atoms with Crippen molar-refractivity contribution >= 4 is 27.5 Å². The Labute approximate surface area is 72.1 Å². The molecule has 2 N–H and O–H groups in total. The van der Waals surface area contributed by atoms with E-state index in [1.807, 2.05) is 0 Å². The molecule has 2 heterocycles. The van der Waals surface area contributed by atoms with E-state index in [-0.39, 0.29) is 0 Å². The molecule has 0 unspecified atom stereocenters. The third-order valence-electron chi connectivity index (χ3n) is 1.51. The molecule has 0 saturated carbocycles. The third kappa shape index (κ3) is 0.947. The molecule has 1 amide bonds. The van der Waals surface area contributed by atoms with E-state index in [9.17, 15) is 4.79 Å². The number of amides is 1. The second-order valence-electron chi connectivity index (χ2n) is 2.25. The fourth-order valence-corrected chi connectivity index (χ4v) is 1.74. The normalized spacial score (nSPS) is 10.3. The van der Waals surface area contributed by atoms with Crippen molar-refractivity contribution in [1.29, 1.82) is 0 Å². The maximum atomic E-state index is 10.9. The van der Waals surface area contributed by atoms with Gasteiger partial charge >= 0.3 is 0 Å². The number of nitrogens with two attached hydrogens (primary N) is 1. The van der Waals surface area contributed by atoms with Crippen LogP contribution < -0.4 is 5.73 Å². The highest BCUT2D eigenvalue weighted by molar-refractivity contribution is 7.17. The van der Waals surface area contributed by atoms with Gasteiger partial charge < -0.3 is 5.73 Å². The van der Waals surface area contributed by atoms with Crippen molar-refractivity contribution in [3.05, 3.63) is 23.5 Å². The van der Waals surface area contributed by atoms with Gasteiger partial charge in [0.2, 0.25) is 0 Å². The number of hydrogen-bond donors (Lipinski definition) is 1. The molecule has 0 radical (unpaired) electrons. The van der Waals surface area contributed by atoms with Gasteiger partial charge in [0, 0.05) is 6.20 Å². The zero-order valence-corrected chi connectivity index (χ0v) is 6.84. The number of pyridine rings is 1. The number of carbonyl (C=O) groups is 1. The molecule has 5 heteroatoms. The number of rotatable bonds is 1. The lowest BCUT2D eigenvalue weighted by molar-refractivity contribution is 0.100. The van der Waals surface area contributed by atoms with Crippen molar-refractivity contribution in [2.24, 2.45) is 5.73 Å². The van der Waals surface area contributed by atoms with E-state index < -0.39 is 5.91 Å². The summed E-state index contributed by atoms with van der Waals surface area (Å²) < 4.78 is 0.803. The van der Waals surface area contributed by atoms with Gasteiger partial charge in [-0.1, -0.05) is 0 Å². The zero-order valence-electron chi connectivity index (χ0n) is 6.02. The molecule has 0 aliphatic rings. The summed E-state index contributed by atoms with van der Waals surface area (Å²) in [5.74, 6) is -0.461. The summed E-state index contributed by atoms with van der Waals surface area (Å²) >= 11 is 1.39. The molecule has 12 heavy (non-hydrogen) atoms. The summed E-state index contributed by atoms with van der Waals surface area (Å²) in [6.45, 7) is 0. The van der Waals surface area contributed by atoms with E-state index >= 15 is 0 Å². The van der Waals surface area contributed by atoms with Gasteiger partial charge in [0.15, 0.2) is 0 Å². The number of aromatic nitrogens is 2. The molecule has 4 nitrogen and oxygen atoms in total. The van der Waals surface area contributed by atoms with Gasteiger partial charge in [-0.25, -0.2) is 4.98 Å². The number of thiazole rings is 1. The van der Waals surface area contributed by atoms with E-state index in [4.69, 9.17) is 5.73 Å². The quantitative estimate of drug-likeness (QED) is 0.703. The van der Waals surface area contributed by atoms with Crippen LogP contribution in [-0.4, -0.2) is 15.9 Å². The van der Waals surface area contributed by atoms with Crippen LogP contribution >= 0.6 is 11.3 Å². The van der Waals surface area contributed by atoms with Crippen LogP contribution in [0.3, 0.4) is 0 Å². The molecular weight excluding hydrogens is 174 g/mol. The Morgan fingerprint density at radius 1 is 1.50 bits per heavy atom. The summed E-state index contributed by atoms with van der Waals surface area (Å²) in [5.41, 5.74) is 7.96. The lowest BCUT2D eigenvalue weighted by atomic mass is 10.2. The minimum atomic E-state index is -0.461. The fourth-order valence-electron chi connectivity index (χ4n) is 0.965. The van der Waals surface area contributed by atoms with Crippen molar-refractivity contribution in [1.82, 2.24) is 9.97 Å². The molecule has 2 aromatic heterocycles. The standard InChI is InChI=1S/C7H5N3OS/c8-7(11)4-1-9-2-5-6(4)12-3-10-5/h1-3H,(H2,8,11). The fraction of sp³-hybridized carbons (Fsp3) is 0. The summed E-state index contributed by atoms with van der Waals surface area (Å²) in [7, 11) is 0. The summed E-state index contributed by atoms with van der Waals surface area (Å²) in [4.78, 5) is 18.7. The van der Waals surface area contributed by atoms with Crippen molar-refractivity contribution in [2.45, 2.75) is 0 Å². The Hall–Kier alpha value is -1.49. The highest BCUT2D eigenvalue weighted by Crippen LogP contribution is 2.19. The molecule has 0 saturated heterocycles. The maximum absolute atomic E-state index is 10.9. The van der Waals surface area contributed by atoms with Crippen molar-refractivity contribution < 1.29 is 4.79 Å². The largest absolute Gasteiger partial charge is 0.366 e. The van der Waals surface area contributed by atoms with Crippen LogP contribution in [-0.2, 0) is 0 Å². The van der Waals surface area contributed by atoms with Gasteiger partial charge in [-0.2, -0.15) is 0 Å². The van der Waals surface area contributed by atoms with Crippen LogP contribution in [0.4, 0.5) is 0 Å². The van der Waals surface area contributed by atoms with Gasteiger partial charge in [-0.15, -0.1) is 11.3 Å². The summed E-state index contributed by atoms with van der Waals surface area (Å²) in [5, 5.41) is 0. The first-order valence-electron chi connectivity index (χ1n) is 3.26. The number of primary amides is 1. The monoisotopic (exact) mass is 179 g/mol. The second kappa shape index (κ2) is 2.53. The Kier molecular flexibility index (Phi) is 1.51. The lowest BCUT2D eigenvalue weighted by Crippen LogP contribution is -2.11. The Morgan fingerprint density at radius 2 is 2.33 bits per heavy atom. The Balaban J connectivity index is 2.82. The highest BCUT2D eigenvalue weighted by atomic mass is 32.1. The first-order chi connectivity index (χ1) is 5.79. The van der Waals surface area contributed by atoms with E-state index in [0.717, 1.165) is 10.2 Å². The molecule has 0 aromatic carbocycles. The summed E-state index contributed by atoms with van der Waals surface area (Å²) in [6.07, 6.45) is 3.07. The first-order valence-corrected chi connectivity index (χ1v) is 4.14. The van der Waals surface area contributed by atoms with Gasteiger partial charge in [0.05, 0.1) is 22.0 Å². The topological polar surface area (TPSA) is 68.9 Å². The summed E-state index contributed by atoms with van der Waals surface area (Å²) in [6, 6.07) is 0. The number of carbonyl (C=O) groups excluding carboxylic acids is 1. The minimum Gasteiger partial charge on any atom is -0.366 e. The smallest absolute Gasteiger partial charge is 0.251 e. The van der Waals surface area contributed by atoms with Crippen LogP contribution in [0, 0.1) is 0 Å². The van der Waals surface area contributed by atoms with Gasteiger partial charge in [-0.3, -0.25) is 9.78 Å². The van der Waals surface area contributed by atoms with E-state index in [1.165, 1.54) is 17.5 Å². The SMILES string of the molecule is NC(=O)c1cncc2ncsc12. The predicted octanol–water partition coefficient (Wildman–Crippen LogP) is 0.790. The van der Waals surface area contributed by atoms with E-state index in [1.54, 1.807) is 11.7 Å². The minimum absolute atomic E-state index is 0.440. The molecule has 0 bridgehead atoms. The molecule has 2 rings (SSSR count). The maximum Gasteiger partial charge on any atom is 0.251 e. The number of hydrogen-bond acceptors (Lipinski definition) is 4. The van der Waals surface area contributed by atoms with E-state index in [0.29, 0.717) is 5.56 Å². The lowest BCUT2D eigenvalue weighted by Gasteiger charge is -1.93. The molecule has 0 fully saturated rings. The molecule has 0 aliphatic heterocycles. The van der Waals surface area contributed by atoms with Crippen LogP contribution in [0.2, 0.25) is 0 Å². The molecule has 2 aromatic rings. The van der Waals surface area contributed by atoms with Crippen LogP contribution in [0.5, 0.6) is 0 Å². The van der Waals surface area contributed by atoms with Gasteiger partial charge in [0.25, 0.3) is 5.91 Å². The Bertz CT molecular complexity index is 437. The van der Waals surface area contributed by atoms with Crippen LogP contribution in [0.1, 0.15) is 10.4 Å². The molecule has 0 aliphatic carbocycles. The molecule has 0 atom stereocenters. The van der Waals surface area contributed by atoms with Gasteiger partial charge in [-0.05, 0) is 0 Å². The van der Waals surface area contributed by atoms with Crippen LogP contribution in [0.15, 0.2) is 17.9 Å².